The lowest BCUT2D eigenvalue weighted by molar-refractivity contribution is -0.155. The van der Waals surface area contributed by atoms with Crippen molar-refractivity contribution in [2.24, 2.45) is 0 Å². The SMILES string of the molecule is Cc1n[nH]c(C)c1CC(=O)N(C)C(C)(C)C(=O)O. The van der Waals surface area contributed by atoms with Crippen molar-refractivity contribution >= 4 is 11.9 Å². The number of nitrogens with one attached hydrogen (secondary N) is 1. The Bertz CT molecular complexity index is 457. The van der Waals surface area contributed by atoms with Crippen molar-refractivity contribution in [3.63, 3.8) is 0 Å². The minimum atomic E-state index is -1.22. The maximum atomic E-state index is 12.1. The largest absolute Gasteiger partial charge is 0.480 e. The van der Waals surface area contributed by atoms with Gasteiger partial charge in [-0.2, -0.15) is 5.10 Å². The van der Waals surface area contributed by atoms with Crippen molar-refractivity contribution < 1.29 is 14.7 Å². The number of carboxylic acid groups (broad SMARTS) is 1. The van der Waals surface area contributed by atoms with Gasteiger partial charge in [0.2, 0.25) is 5.91 Å². The van der Waals surface area contributed by atoms with Crippen LogP contribution in [0.15, 0.2) is 0 Å². The number of aromatic amines is 1. The van der Waals surface area contributed by atoms with Gasteiger partial charge in [0.15, 0.2) is 0 Å². The Labute approximate surface area is 106 Å². The number of carbonyl (C=O) groups is 2. The van der Waals surface area contributed by atoms with Gasteiger partial charge in [0.1, 0.15) is 5.54 Å². The highest BCUT2D eigenvalue weighted by Gasteiger charge is 2.35. The Balaban J connectivity index is 2.87. The van der Waals surface area contributed by atoms with Crippen LogP contribution in [0.5, 0.6) is 0 Å². The summed E-state index contributed by atoms with van der Waals surface area (Å²) in [4.78, 5) is 24.4. The number of nitrogens with zero attached hydrogens (tertiary/aromatic N) is 2. The molecule has 0 saturated heterocycles. The molecule has 1 aromatic heterocycles. The van der Waals surface area contributed by atoms with Gasteiger partial charge in [0.25, 0.3) is 0 Å². The van der Waals surface area contributed by atoms with Crippen molar-refractivity contribution in [2.45, 2.75) is 39.7 Å². The lowest BCUT2D eigenvalue weighted by atomic mass is 10.0. The van der Waals surface area contributed by atoms with Crippen molar-refractivity contribution in [3.05, 3.63) is 17.0 Å². The molecule has 0 spiro atoms. The van der Waals surface area contributed by atoms with E-state index in [9.17, 15) is 9.59 Å². The first-order valence-corrected chi connectivity index (χ1v) is 5.68. The van der Waals surface area contributed by atoms with Crippen LogP contribution in [0, 0.1) is 13.8 Å². The molecule has 1 aromatic rings. The molecule has 0 aromatic carbocycles. The van der Waals surface area contributed by atoms with E-state index in [2.05, 4.69) is 10.2 Å². The molecule has 0 radical (unpaired) electrons. The van der Waals surface area contributed by atoms with Crippen LogP contribution in [0.1, 0.15) is 30.8 Å². The van der Waals surface area contributed by atoms with E-state index in [0.29, 0.717) is 0 Å². The Hall–Kier alpha value is -1.85. The zero-order valence-electron chi connectivity index (χ0n) is 11.4. The molecule has 1 rings (SSSR count). The lowest BCUT2D eigenvalue weighted by Crippen LogP contribution is -2.51. The number of hydrogen-bond donors (Lipinski definition) is 2. The summed E-state index contributed by atoms with van der Waals surface area (Å²) in [6.07, 6.45) is 0.154. The summed E-state index contributed by atoms with van der Waals surface area (Å²) in [7, 11) is 1.50. The summed E-state index contributed by atoms with van der Waals surface area (Å²) in [5, 5.41) is 15.9. The summed E-state index contributed by atoms with van der Waals surface area (Å²) in [6, 6.07) is 0. The predicted molar refractivity (Wildman–Crippen MR) is 66.3 cm³/mol. The molecule has 0 unspecified atom stereocenters. The number of amides is 1. The highest BCUT2D eigenvalue weighted by Crippen LogP contribution is 2.16. The molecular weight excluding hydrogens is 234 g/mol. The van der Waals surface area contributed by atoms with Gasteiger partial charge < -0.3 is 10.0 Å². The van der Waals surface area contributed by atoms with Crippen LogP contribution >= 0.6 is 0 Å². The van der Waals surface area contributed by atoms with E-state index in [-0.39, 0.29) is 12.3 Å². The lowest BCUT2D eigenvalue weighted by Gasteiger charge is -2.31. The number of aliphatic carboxylic acids is 1. The molecule has 0 aliphatic rings. The predicted octanol–water partition coefficient (Wildman–Crippen LogP) is 0.891. The number of aryl methyl sites for hydroxylation is 2. The second-order valence-corrected chi connectivity index (χ2v) is 4.91. The number of carbonyl (C=O) groups excluding carboxylic acids is 1. The van der Waals surface area contributed by atoms with Crippen LogP contribution in [-0.4, -0.2) is 44.7 Å². The topological polar surface area (TPSA) is 86.3 Å². The van der Waals surface area contributed by atoms with Gasteiger partial charge in [0, 0.05) is 18.3 Å². The third-order valence-electron chi connectivity index (χ3n) is 3.34. The van der Waals surface area contributed by atoms with E-state index in [0.717, 1.165) is 17.0 Å². The van der Waals surface area contributed by atoms with Gasteiger partial charge in [-0.3, -0.25) is 9.89 Å². The molecule has 0 aliphatic heterocycles. The molecule has 6 nitrogen and oxygen atoms in total. The fraction of sp³-hybridized carbons (Fsp3) is 0.583. The summed E-state index contributed by atoms with van der Waals surface area (Å²) < 4.78 is 0. The minimum absolute atomic E-state index is 0.154. The van der Waals surface area contributed by atoms with Crippen molar-refractivity contribution in [1.82, 2.24) is 15.1 Å². The second kappa shape index (κ2) is 4.80. The summed E-state index contributed by atoms with van der Waals surface area (Å²) >= 11 is 0. The molecule has 0 bridgehead atoms. The zero-order valence-corrected chi connectivity index (χ0v) is 11.4. The third kappa shape index (κ3) is 2.52. The number of carboxylic acids is 1. The van der Waals surface area contributed by atoms with Crippen molar-refractivity contribution in [1.29, 1.82) is 0 Å². The Kier molecular flexibility index (Phi) is 3.79. The van der Waals surface area contributed by atoms with E-state index in [4.69, 9.17) is 5.11 Å². The first-order chi connectivity index (χ1) is 8.17. The molecule has 100 valence electrons. The highest BCUT2D eigenvalue weighted by atomic mass is 16.4. The molecule has 1 heterocycles. The van der Waals surface area contributed by atoms with Crippen molar-refractivity contribution in [2.75, 3.05) is 7.05 Å². The summed E-state index contributed by atoms with van der Waals surface area (Å²) in [5.74, 6) is -1.27. The van der Waals surface area contributed by atoms with Crippen LogP contribution in [0.4, 0.5) is 0 Å². The molecule has 18 heavy (non-hydrogen) atoms. The van der Waals surface area contributed by atoms with Gasteiger partial charge in [-0.05, 0) is 27.7 Å². The molecule has 6 heteroatoms. The highest BCUT2D eigenvalue weighted by molar-refractivity contribution is 5.87. The minimum Gasteiger partial charge on any atom is -0.480 e. The van der Waals surface area contributed by atoms with E-state index >= 15 is 0 Å². The van der Waals surface area contributed by atoms with Crippen LogP contribution in [0.3, 0.4) is 0 Å². The maximum Gasteiger partial charge on any atom is 0.329 e. The molecule has 0 fully saturated rings. The zero-order chi connectivity index (χ0) is 14.1. The second-order valence-electron chi connectivity index (χ2n) is 4.91. The van der Waals surface area contributed by atoms with Gasteiger partial charge in [-0.25, -0.2) is 4.79 Å². The third-order valence-corrected chi connectivity index (χ3v) is 3.34. The van der Waals surface area contributed by atoms with E-state index < -0.39 is 11.5 Å². The number of hydrogen-bond acceptors (Lipinski definition) is 3. The smallest absolute Gasteiger partial charge is 0.329 e. The average Bonchev–Trinajstić information content (AvgIpc) is 2.59. The Morgan fingerprint density at radius 2 is 1.94 bits per heavy atom. The fourth-order valence-electron chi connectivity index (χ4n) is 1.56. The average molecular weight is 253 g/mol. The number of likely N-dealkylation sites (N-methyl/N-ethyl adjacent to an activating group) is 1. The van der Waals surface area contributed by atoms with Gasteiger partial charge in [-0.15, -0.1) is 0 Å². The van der Waals surface area contributed by atoms with E-state index in [1.165, 1.54) is 25.8 Å². The first-order valence-electron chi connectivity index (χ1n) is 5.68. The maximum absolute atomic E-state index is 12.1. The van der Waals surface area contributed by atoms with Gasteiger partial charge in [-0.1, -0.05) is 0 Å². The van der Waals surface area contributed by atoms with Gasteiger partial charge in [0.05, 0.1) is 12.1 Å². The molecule has 0 saturated carbocycles. The van der Waals surface area contributed by atoms with Crippen LogP contribution in [-0.2, 0) is 16.0 Å². The van der Waals surface area contributed by atoms with E-state index in [1.54, 1.807) is 0 Å². The number of H-pyrrole nitrogens is 1. The summed E-state index contributed by atoms with van der Waals surface area (Å²) in [5.41, 5.74) is 1.21. The standard InChI is InChI=1S/C12H19N3O3/c1-7-9(8(2)14-13-7)6-10(16)15(5)12(3,4)11(17)18/h6H2,1-5H3,(H,13,14)(H,17,18). The van der Waals surface area contributed by atoms with Crippen molar-refractivity contribution in [3.8, 4) is 0 Å². The monoisotopic (exact) mass is 253 g/mol. The van der Waals surface area contributed by atoms with Crippen LogP contribution in [0.2, 0.25) is 0 Å². The molecule has 0 aliphatic carbocycles. The quantitative estimate of drug-likeness (QED) is 0.834. The van der Waals surface area contributed by atoms with Crippen LogP contribution in [0.25, 0.3) is 0 Å². The Morgan fingerprint density at radius 1 is 1.39 bits per heavy atom. The normalized spacial score (nSPS) is 11.4. The Morgan fingerprint density at radius 3 is 2.33 bits per heavy atom. The van der Waals surface area contributed by atoms with Crippen LogP contribution < -0.4 is 0 Å². The molecular formula is C12H19N3O3. The molecule has 1 amide bonds. The van der Waals surface area contributed by atoms with E-state index in [1.807, 2.05) is 13.8 Å². The summed E-state index contributed by atoms with van der Waals surface area (Å²) in [6.45, 7) is 6.66. The first kappa shape index (κ1) is 14.2. The van der Waals surface area contributed by atoms with Gasteiger partial charge >= 0.3 is 5.97 Å². The number of rotatable bonds is 4. The fourth-order valence-corrected chi connectivity index (χ4v) is 1.56. The number of aromatic nitrogens is 2. The molecule has 0 atom stereocenters. The molecule has 2 N–H and O–H groups in total.